The number of carbonyl (C=O) groups is 2. The van der Waals surface area contributed by atoms with Gasteiger partial charge in [0, 0.05) is 16.6 Å². The summed E-state index contributed by atoms with van der Waals surface area (Å²) in [4.78, 5) is 28.8. The second-order valence-electron chi connectivity index (χ2n) is 8.32. The van der Waals surface area contributed by atoms with Gasteiger partial charge in [-0.3, -0.25) is 9.59 Å². The number of rotatable bonds is 5. The third-order valence-electron chi connectivity index (χ3n) is 6.26. The van der Waals surface area contributed by atoms with Crippen molar-refractivity contribution in [3.8, 4) is 5.75 Å². The van der Waals surface area contributed by atoms with Gasteiger partial charge in [0.05, 0.1) is 18.4 Å². The van der Waals surface area contributed by atoms with Crippen LogP contribution in [0.3, 0.4) is 0 Å². The van der Waals surface area contributed by atoms with E-state index in [0.29, 0.717) is 17.0 Å². The summed E-state index contributed by atoms with van der Waals surface area (Å²) < 4.78 is 5.54. The maximum atomic E-state index is 13.8. The fourth-order valence-electron chi connectivity index (χ4n) is 4.31. The Bertz CT molecular complexity index is 1480. The van der Waals surface area contributed by atoms with E-state index in [0.717, 1.165) is 27.6 Å². The Morgan fingerprint density at radius 3 is 2.29 bits per heavy atom. The fraction of sp³-hybridized carbons (Fsp3) is 0.103. The molecule has 0 fully saturated rings. The lowest BCUT2D eigenvalue weighted by Crippen LogP contribution is -2.32. The van der Waals surface area contributed by atoms with Gasteiger partial charge in [-0.05, 0) is 54.6 Å². The van der Waals surface area contributed by atoms with Crippen LogP contribution in [0.2, 0.25) is 0 Å². The minimum atomic E-state index is -0.401. The highest BCUT2D eigenvalue weighted by atomic mass is 16.5. The fourth-order valence-corrected chi connectivity index (χ4v) is 4.31. The van der Waals surface area contributed by atoms with Gasteiger partial charge in [-0.15, -0.1) is 0 Å². The number of anilines is 2. The molecule has 1 heterocycles. The number of hydrogen-bond donors (Lipinski definition) is 1. The Labute approximate surface area is 198 Å². The molecule has 34 heavy (non-hydrogen) atoms. The highest BCUT2D eigenvalue weighted by molar-refractivity contribution is 6.46. The molecule has 0 unspecified atom stereocenters. The van der Waals surface area contributed by atoms with Gasteiger partial charge in [0.15, 0.2) is 0 Å². The number of para-hydroxylation sites is 1. The van der Waals surface area contributed by atoms with Crippen LogP contribution in [0.4, 0.5) is 11.4 Å². The first-order valence-corrected chi connectivity index (χ1v) is 11.1. The first kappa shape index (κ1) is 21.5. The lowest BCUT2D eigenvalue weighted by atomic mass is 10.0. The average Bonchev–Trinajstić information content (AvgIpc) is 3.10. The van der Waals surface area contributed by atoms with E-state index in [9.17, 15) is 9.59 Å². The number of methoxy groups -OCH3 is 1. The molecule has 2 amide bonds. The lowest BCUT2D eigenvalue weighted by molar-refractivity contribution is -0.120. The van der Waals surface area contributed by atoms with Crippen molar-refractivity contribution in [3.05, 3.63) is 107 Å². The van der Waals surface area contributed by atoms with Crippen molar-refractivity contribution < 1.29 is 14.3 Å². The summed E-state index contributed by atoms with van der Waals surface area (Å²) in [6.07, 6.45) is 0. The maximum Gasteiger partial charge on any atom is 0.282 e. The Morgan fingerprint density at radius 2 is 1.50 bits per heavy atom. The highest BCUT2D eigenvalue weighted by Gasteiger charge is 2.41. The summed E-state index contributed by atoms with van der Waals surface area (Å²) >= 11 is 0. The topological polar surface area (TPSA) is 58.6 Å². The molecule has 0 spiro atoms. The van der Waals surface area contributed by atoms with Gasteiger partial charge in [0.1, 0.15) is 11.4 Å². The zero-order chi connectivity index (χ0) is 23.8. The van der Waals surface area contributed by atoms with Crippen molar-refractivity contribution in [2.24, 2.45) is 0 Å². The molecule has 0 aromatic heterocycles. The van der Waals surface area contributed by atoms with E-state index >= 15 is 0 Å². The number of benzene rings is 4. The van der Waals surface area contributed by atoms with E-state index in [1.807, 2.05) is 80.6 Å². The Kier molecular flexibility index (Phi) is 5.38. The molecule has 0 aliphatic carbocycles. The van der Waals surface area contributed by atoms with Crippen molar-refractivity contribution in [2.45, 2.75) is 13.8 Å². The summed E-state index contributed by atoms with van der Waals surface area (Å²) in [7, 11) is 1.56. The molecular formula is C29H24N2O3. The molecule has 0 saturated carbocycles. The third kappa shape index (κ3) is 3.52. The number of amides is 2. The smallest absolute Gasteiger partial charge is 0.282 e. The zero-order valence-electron chi connectivity index (χ0n) is 19.3. The molecule has 1 aliphatic rings. The van der Waals surface area contributed by atoms with E-state index in [2.05, 4.69) is 5.32 Å². The largest absolute Gasteiger partial charge is 0.496 e. The average molecular weight is 449 g/mol. The van der Waals surface area contributed by atoms with Crippen LogP contribution in [0.5, 0.6) is 5.75 Å². The summed E-state index contributed by atoms with van der Waals surface area (Å²) in [6.45, 7) is 3.96. The first-order chi connectivity index (χ1) is 16.5. The molecular weight excluding hydrogens is 424 g/mol. The van der Waals surface area contributed by atoms with Gasteiger partial charge in [-0.25, -0.2) is 4.90 Å². The first-order valence-electron chi connectivity index (χ1n) is 11.1. The Balaban J connectivity index is 1.69. The second kappa shape index (κ2) is 8.52. The SMILES string of the molecule is COc1ccccc1C1=C(Nc2cccc3ccccc23)C(=O)N(c2ccc(C)c(C)c2)C1=O. The van der Waals surface area contributed by atoms with Gasteiger partial charge >= 0.3 is 0 Å². The van der Waals surface area contributed by atoms with Crippen molar-refractivity contribution >= 4 is 39.5 Å². The van der Waals surface area contributed by atoms with Crippen LogP contribution in [0.15, 0.2) is 90.6 Å². The minimum Gasteiger partial charge on any atom is -0.496 e. The van der Waals surface area contributed by atoms with Crippen LogP contribution < -0.4 is 15.0 Å². The molecule has 4 aromatic rings. The van der Waals surface area contributed by atoms with Crippen LogP contribution >= 0.6 is 0 Å². The number of nitrogens with zero attached hydrogens (tertiary/aromatic N) is 1. The number of nitrogens with one attached hydrogen (secondary N) is 1. The second-order valence-corrected chi connectivity index (χ2v) is 8.32. The molecule has 5 heteroatoms. The number of aryl methyl sites for hydroxylation is 2. The van der Waals surface area contributed by atoms with Crippen LogP contribution in [-0.4, -0.2) is 18.9 Å². The standard InChI is InChI=1S/C29H24N2O3/c1-18-15-16-21(17-19(18)2)31-28(32)26(23-12-6-7-14-25(23)34-3)27(29(31)33)30-24-13-8-10-20-9-4-5-11-22(20)24/h4-17,30H,1-3H3. The van der Waals surface area contributed by atoms with Crippen molar-refractivity contribution in [3.63, 3.8) is 0 Å². The van der Waals surface area contributed by atoms with Gasteiger partial charge in [0.25, 0.3) is 11.8 Å². The number of fused-ring (bicyclic) bond motifs is 1. The highest BCUT2D eigenvalue weighted by Crippen LogP contribution is 2.38. The van der Waals surface area contributed by atoms with Gasteiger partial charge in [0.2, 0.25) is 0 Å². The molecule has 0 radical (unpaired) electrons. The minimum absolute atomic E-state index is 0.226. The van der Waals surface area contributed by atoms with Crippen molar-refractivity contribution in [2.75, 3.05) is 17.3 Å². The number of hydrogen-bond acceptors (Lipinski definition) is 4. The Morgan fingerprint density at radius 1 is 0.765 bits per heavy atom. The lowest BCUT2D eigenvalue weighted by Gasteiger charge is -2.17. The molecule has 5 rings (SSSR count). The number of ether oxygens (including phenoxy) is 1. The molecule has 1 N–H and O–H groups in total. The van der Waals surface area contributed by atoms with Crippen LogP contribution in [0, 0.1) is 13.8 Å². The van der Waals surface area contributed by atoms with E-state index in [1.165, 1.54) is 4.90 Å². The van der Waals surface area contributed by atoms with E-state index in [4.69, 9.17) is 4.74 Å². The molecule has 168 valence electrons. The molecule has 0 saturated heterocycles. The van der Waals surface area contributed by atoms with E-state index in [1.54, 1.807) is 25.3 Å². The monoisotopic (exact) mass is 448 g/mol. The number of imide groups is 1. The summed E-state index contributed by atoms with van der Waals surface area (Å²) in [6, 6.07) is 26.6. The van der Waals surface area contributed by atoms with Crippen LogP contribution in [0.1, 0.15) is 16.7 Å². The molecule has 5 nitrogen and oxygen atoms in total. The summed E-state index contributed by atoms with van der Waals surface area (Å²) in [5.74, 6) is -0.264. The normalized spacial score (nSPS) is 13.7. The van der Waals surface area contributed by atoms with Crippen molar-refractivity contribution in [1.82, 2.24) is 0 Å². The molecule has 0 atom stereocenters. The zero-order valence-corrected chi connectivity index (χ0v) is 19.3. The van der Waals surface area contributed by atoms with E-state index in [-0.39, 0.29) is 17.2 Å². The van der Waals surface area contributed by atoms with Gasteiger partial charge in [-0.1, -0.05) is 60.7 Å². The van der Waals surface area contributed by atoms with Crippen LogP contribution in [-0.2, 0) is 9.59 Å². The molecule has 1 aliphatic heterocycles. The molecule has 0 bridgehead atoms. The maximum absolute atomic E-state index is 13.8. The van der Waals surface area contributed by atoms with Crippen molar-refractivity contribution in [1.29, 1.82) is 0 Å². The third-order valence-corrected chi connectivity index (χ3v) is 6.26. The molecule has 4 aromatic carbocycles. The summed E-state index contributed by atoms with van der Waals surface area (Å²) in [5.41, 5.74) is 4.47. The van der Waals surface area contributed by atoms with Crippen LogP contribution in [0.25, 0.3) is 16.3 Å². The summed E-state index contributed by atoms with van der Waals surface area (Å²) in [5, 5.41) is 5.30. The van der Waals surface area contributed by atoms with Gasteiger partial charge in [-0.2, -0.15) is 0 Å². The van der Waals surface area contributed by atoms with Gasteiger partial charge < -0.3 is 10.1 Å². The number of carbonyl (C=O) groups excluding carboxylic acids is 2. The predicted octanol–water partition coefficient (Wildman–Crippen LogP) is 5.86. The Hall–Kier alpha value is -4.38. The quantitative estimate of drug-likeness (QED) is 0.389. The van der Waals surface area contributed by atoms with E-state index < -0.39 is 5.91 Å². The predicted molar refractivity (Wildman–Crippen MR) is 136 cm³/mol.